The largest absolute Gasteiger partial charge is 0.458 e. The summed E-state index contributed by atoms with van der Waals surface area (Å²) in [6.45, 7) is 6.72. The van der Waals surface area contributed by atoms with Gasteiger partial charge < -0.3 is 27.3 Å². The van der Waals surface area contributed by atoms with Gasteiger partial charge in [-0.1, -0.05) is 166 Å². The van der Waals surface area contributed by atoms with Crippen LogP contribution in [-0.4, -0.2) is 20.4 Å². The minimum Gasteiger partial charge on any atom is -0.458 e. The van der Waals surface area contributed by atoms with Gasteiger partial charge in [-0.05, 0) is 141 Å². The van der Waals surface area contributed by atoms with Crippen LogP contribution in [0, 0.1) is 0 Å². The number of hydrogen-bond acceptors (Lipinski definition) is 3. The number of aromatic nitrogens is 3. The van der Waals surface area contributed by atoms with Gasteiger partial charge >= 0.3 is 0 Å². The predicted molar refractivity (Wildman–Crippen MR) is 345 cm³/mol. The zero-order valence-corrected chi connectivity index (χ0v) is 45.7. The summed E-state index contributed by atoms with van der Waals surface area (Å²) in [5.41, 5.74) is 22.6. The Morgan fingerprint density at radius 2 is 0.904 bits per heavy atom. The van der Waals surface area contributed by atoms with Crippen LogP contribution in [0.3, 0.4) is 0 Å². The molecule has 0 fully saturated rings. The van der Waals surface area contributed by atoms with Crippen molar-refractivity contribution in [1.29, 1.82) is 0 Å². The van der Waals surface area contributed by atoms with Gasteiger partial charge in [0.1, 0.15) is 33.8 Å². The Balaban J connectivity index is 0.954. The molecule has 2 aliphatic rings. The maximum absolute atomic E-state index is 7.42. The highest BCUT2D eigenvalue weighted by Crippen LogP contribution is 2.49. The van der Waals surface area contributed by atoms with Gasteiger partial charge in [-0.25, -0.2) is 0 Å². The Morgan fingerprint density at radius 1 is 0.361 bits per heavy atom. The second kappa shape index (κ2) is 16.1. The van der Waals surface area contributed by atoms with E-state index in [9.17, 15) is 0 Å². The summed E-state index contributed by atoms with van der Waals surface area (Å²) in [5, 5.41) is 11.2. The van der Waals surface area contributed by atoms with Crippen LogP contribution in [0.2, 0.25) is 0 Å². The highest BCUT2D eigenvalue weighted by atomic mass is 16.5. The van der Waals surface area contributed by atoms with E-state index in [0.717, 1.165) is 127 Å². The highest BCUT2D eigenvalue weighted by molar-refractivity contribution is 6.99. The third kappa shape index (κ3) is 6.07. The molecule has 0 N–H and O–H groups in total. The second-order valence-electron chi connectivity index (χ2n) is 23.9. The number of rotatable bonds is 4. The van der Waals surface area contributed by atoms with Crippen molar-refractivity contribution in [3.63, 3.8) is 0 Å². The Morgan fingerprint density at radius 3 is 1.51 bits per heavy atom. The molecule has 7 heterocycles. The zero-order chi connectivity index (χ0) is 54.6. The van der Waals surface area contributed by atoms with Gasteiger partial charge in [0.2, 0.25) is 0 Å². The first-order valence-electron chi connectivity index (χ1n) is 28.8. The van der Waals surface area contributed by atoms with E-state index in [-0.39, 0.29) is 12.1 Å². The summed E-state index contributed by atoms with van der Waals surface area (Å²) in [5.74, 6) is 1.73. The molecule has 0 unspecified atom stereocenters. The Bertz CT molecular complexity index is 5620. The number of nitrogens with zero attached hydrogens (tertiary/aromatic N) is 3. The fraction of sp³-hybridized carbons (Fsp3) is 0.0526. The van der Waals surface area contributed by atoms with Crippen molar-refractivity contribution in [3.05, 3.63) is 242 Å². The van der Waals surface area contributed by atoms with E-state index in [0.29, 0.717) is 0 Å². The van der Waals surface area contributed by atoms with Crippen molar-refractivity contribution in [3.8, 4) is 50.8 Å². The summed E-state index contributed by atoms with van der Waals surface area (Å²) in [4.78, 5) is 0. The van der Waals surface area contributed by atoms with Gasteiger partial charge in [-0.2, -0.15) is 0 Å². The fourth-order valence-corrected chi connectivity index (χ4v) is 14.8. The lowest BCUT2D eigenvalue weighted by molar-refractivity contribution is 0.486. The lowest BCUT2D eigenvalue weighted by Gasteiger charge is -2.35. The molecule has 2 aliphatic heterocycles. The first-order chi connectivity index (χ1) is 40.8. The van der Waals surface area contributed by atoms with Gasteiger partial charge in [-0.15, -0.1) is 0 Å². The third-order valence-corrected chi connectivity index (χ3v) is 18.4. The predicted octanol–water partition coefficient (Wildman–Crippen LogP) is 18.3. The van der Waals surface area contributed by atoms with E-state index >= 15 is 0 Å². The number of fused-ring (bicyclic) bond motifs is 21. The first-order valence-corrected chi connectivity index (χ1v) is 28.8. The van der Waals surface area contributed by atoms with Crippen molar-refractivity contribution >= 4 is 132 Å². The summed E-state index contributed by atoms with van der Waals surface area (Å²) in [6.07, 6.45) is 0. The maximum Gasteiger partial charge on any atom is 0.256 e. The normalized spacial score (nSPS) is 13.1. The number of hydrogen-bond donors (Lipinski definition) is 0. The van der Waals surface area contributed by atoms with Crippen molar-refractivity contribution in [2.75, 3.05) is 0 Å². The van der Waals surface area contributed by atoms with Crippen LogP contribution in [0.25, 0.3) is 149 Å². The Labute approximate surface area is 476 Å². The molecule has 6 nitrogen and oxygen atoms in total. The maximum atomic E-state index is 7.42. The van der Waals surface area contributed by atoms with Crippen molar-refractivity contribution in [1.82, 2.24) is 13.7 Å². The molecule has 7 heteroatoms. The van der Waals surface area contributed by atoms with E-state index in [1.807, 2.05) is 0 Å². The average Bonchev–Trinajstić information content (AvgIpc) is 1.79. The number of furan rings is 2. The second-order valence-corrected chi connectivity index (χ2v) is 23.9. The van der Waals surface area contributed by atoms with E-state index < -0.39 is 0 Å². The van der Waals surface area contributed by atoms with Crippen LogP contribution in [0.15, 0.2) is 245 Å². The Hall–Kier alpha value is -10.5. The molecule has 388 valence electrons. The molecule has 0 bridgehead atoms. The summed E-state index contributed by atoms with van der Waals surface area (Å²) in [6, 6.07) is 86.4. The molecule has 0 atom stereocenters. The van der Waals surface area contributed by atoms with Crippen molar-refractivity contribution < 1.29 is 13.6 Å². The number of benzene rings is 12. The first kappa shape index (κ1) is 45.3. The molecule has 0 saturated heterocycles. The molecule has 0 saturated carbocycles. The SMILES string of the molecule is CC(C)(C)c1ccc2c(c1)B1c3c(cc(-c4ccccc4-c4ccccc4)cc3-n3c4ccc5c6cc(-n7c8ccccc8c8ccccc87)ccc6oc5c4c4c5oc6ccc(-n7c8ccccc8c8ccccc87)cc6c5cc1c43)O2. The molecule has 0 spiro atoms. The monoisotopic (exact) mass is 1060 g/mol. The molecule has 0 aliphatic carbocycles. The fourth-order valence-electron chi connectivity index (χ4n) is 14.8. The quantitative estimate of drug-likeness (QED) is 0.165. The molecule has 12 aromatic carbocycles. The smallest absolute Gasteiger partial charge is 0.256 e. The van der Waals surface area contributed by atoms with Gasteiger partial charge in [0.25, 0.3) is 6.71 Å². The lowest BCUT2D eigenvalue weighted by atomic mass is 9.34. The Kier molecular flexibility index (Phi) is 8.79. The van der Waals surface area contributed by atoms with Crippen molar-refractivity contribution in [2.45, 2.75) is 26.2 Å². The molecule has 5 aromatic heterocycles. The lowest BCUT2D eigenvalue weighted by Crippen LogP contribution is -2.58. The molecule has 0 radical (unpaired) electrons. The van der Waals surface area contributed by atoms with Crippen LogP contribution < -0.4 is 21.1 Å². The van der Waals surface area contributed by atoms with Gasteiger partial charge in [0.05, 0.1) is 43.9 Å². The molecule has 0 amide bonds. The van der Waals surface area contributed by atoms with Crippen LogP contribution in [0.1, 0.15) is 26.3 Å². The van der Waals surface area contributed by atoms with Crippen molar-refractivity contribution in [2.24, 2.45) is 0 Å². The molecular formula is C76H48BN3O3. The summed E-state index contributed by atoms with van der Waals surface area (Å²) in [7, 11) is 0. The average molecular weight is 1060 g/mol. The van der Waals surface area contributed by atoms with Gasteiger partial charge in [0, 0.05) is 60.2 Å². The van der Waals surface area contributed by atoms with E-state index in [4.69, 9.17) is 13.6 Å². The van der Waals surface area contributed by atoms with Gasteiger partial charge in [-0.3, -0.25) is 0 Å². The minimum atomic E-state index is -0.182. The van der Waals surface area contributed by atoms with E-state index in [2.05, 4.69) is 271 Å². The van der Waals surface area contributed by atoms with Crippen LogP contribution in [0.4, 0.5) is 0 Å². The topological polar surface area (TPSA) is 50.3 Å². The summed E-state index contributed by atoms with van der Waals surface area (Å²) < 4.78 is 29.4. The van der Waals surface area contributed by atoms with E-state index in [1.165, 1.54) is 54.6 Å². The zero-order valence-electron chi connectivity index (χ0n) is 45.7. The number of para-hydroxylation sites is 4. The highest BCUT2D eigenvalue weighted by Gasteiger charge is 2.43. The molecule has 19 rings (SSSR count). The molecule has 83 heavy (non-hydrogen) atoms. The van der Waals surface area contributed by atoms with E-state index in [1.54, 1.807) is 0 Å². The minimum absolute atomic E-state index is 0.107. The van der Waals surface area contributed by atoms with Crippen LogP contribution in [-0.2, 0) is 5.41 Å². The van der Waals surface area contributed by atoms with Crippen LogP contribution >= 0.6 is 0 Å². The third-order valence-electron chi connectivity index (χ3n) is 18.4. The standard InChI is InChI=1S/C76H48BN3O3/c1-76(2,3)45-29-34-68-58(39-45)77-59-42-57-56-41-47(79-62-27-15-11-23-52(62)53-24-12-16-28-63(53)79)31-36-67(56)83-75(57)71-70-64(80(73(59)71)65-37-44(38-69(81-68)72(65)77)49-20-8-7-19-48(49)43-17-5-4-6-18-43)33-32-54-55-40-46(30-35-66(55)82-74(54)70)78-60-25-13-9-21-50(60)51-22-10-14-26-61(51)78/h4-42H,1-3H3. The molecular weight excluding hydrogens is 1010 g/mol. The summed E-state index contributed by atoms with van der Waals surface area (Å²) >= 11 is 0. The molecule has 17 aromatic rings. The number of ether oxygens (including phenoxy) is 1. The van der Waals surface area contributed by atoms with Gasteiger partial charge in [0.15, 0.2) is 0 Å². The van der Waals surface area contributed by atoms with Crippen LogP contribution in [0.5, 0.6) is 11.5 Å².